The number of rotatable bonds is 59. The van der Waals surface area contributed by atoms with Gasteiger partial charge in [-0.15, -0.1) is 0 Å². The predicted molar refractivity (Wildman–Crippen MR) is 417 cm³/mol. The van der Waals surface area contributed by atoms with Crippen LogP contribution in [0.1, 0.15) is 172 Å². The summed E-state index contributed by atoms with van der Waals surface area (Å²) in [7, 11) is 0. The molecule has 0 saturated carbocycles. The van der Waals surface area contributed by atoms with Crippen LogP contribution in [-0.2, 0) is 162 Å². The molecule has 15 unspecified atom stereocenters. The Balaban J connectivity index is 1.46. The Labute approximate surface area is 707 Å². The SMILES string of the molecule is CC(=O)NC1C(OCCCCC(=O)NCCCNC(=O)CCOCC(N)(COCCC(=O)NCCCNC(=O)CCCCOC2OC(COC(C)=O)C(OC(C)=O)C(OC(C)=O)C2NC(C)=O)COCCC(=O)NCCCNC(=O)CCCCOC2OC(COC(C)=O)C(OC(C)=O)C(OC(C)=O)C2NC(C)=O)OC(CO)C(OC(C)=O)C1OC(C)=O. The lowest BCUT2D eigenvalue weighted by Crippen LogP contribution is -2.66. The van der Waals surface area contributed by atoms with Gasteiger partial charge in [0.15, 0.2) is 55.5 Å². The molecule has 12 N–H and O–H groups in total. The van der Waals surface area contributed by atoms with E-state index in [9.17, 15) is 86.6 Å². The first-order valence-corrected chi connectivity index (χ1v) is 40.6. The zero-order chi connectivity index (χ0) is 90.7. The number of hydrogen-bond donors (Lipinski definition) is 11. The Bertz CT molecular complexity index is 3210. The van der Waals surface area contributed by atoms with Crippen LogP contribution in [0.5, 0.6) is 0 Å². The third-order valence-corrected chi connectivity index (χ3v) is 17.8. The molecule has 3 rings (SSSR count). The second-order valence-corrected chi connectivity index (χ2v) is 29.0. The molecule has 15 atom stereocenters. The Morgan fingerprint density at radius 1 is 0.303 bits per heavy atom. The van der Waals surface area contributed by atoms with Crippen molar-refractivity contribution >= 4 is 101 Å². The lowest BCUT2D eigenvalue weighted by Gasteiger charge is -2.44. The standard InChI is InChI=1S/C77H126N10O35/c1-45(89)85-65-71(117-53(9)97)68(114-50(6)94)56(39-88)120-74(65)109-33-15-12-21-59(100)79-27-18-30-82-62(103)24-36-106-42-77(78,43-107-37-25-63(104)83-31-19-28-80-60(101)22-13-16-34-110-75-66(86-46(2)90)72(118-54(10)98)69(115-51(7)95)57(121-75)40-112-48(4)92)44-108-38-26-64(105)84-32-20-29-81-61(102)23-14-17-35-111-76-67(87-47(3)91)73(119-55(11)99)70(116-52(8)96)58(122-76)41-113-49(5)93/h56-58,65-76,88H,12-44,78H2,1-11H3,(H,79,100)(H,80,101)(H,81,102)(H,82,103)(H,83,104)(H,84,105)(H,85,89)(H,86,90)(H,87,91). The number of aliphatic hydroxyl groups is 1. The van der Waals surface area contributed by atoms with Crippen molar-refractivity contribution in [3.05, 3.63) is 0 Å². The molecule has 45 nitrogen and oxygen atoms in total. The second kappa shape index (κ2) is 59.4. The van der Waals surface area contributed by atoms with Gasteiger partial charge in [-0.25, -0.2) is 0 Å². The number of hydrogen-bond acceptors (Lipinski definition) is 36. The van der Waals surface area contributed by atoms with Gasteiger partial charge >= 0.3 is 47.8 Å². The Morgan fingerprint density at radius 2 is 0.541 bits per heavy atom. The molecule has 0 radical (unpaired) electrons. The summed E-state index contributed by atoms with van der Waals surface area (Å²) in [6.07, 6.45) is -11.6. The number of aliphatic hydroxyl groups excluding tert-OH is 1. The van der Waals surface area contributed by atoms with Crippen LogP contribution in [0.3, 0.4) is 0 Å². The molecule has 122 heavy (non-hydrogen) atoms. The van der Waals surface area contributed by atoms with Crippen LogP contribution in [0.4, 0.5) is 0 Å². The highest BCUT2D eigenvalue weighted by molar-refractivity contribution is 5.79. The minimum absolute atomic E-state index is 0.00693. The number of nitrogens with one attached hydrogen (secondary N) is 9. The Morgan fingerprint density at radius 3 is 0.779 bits per heavy atom. The van der Waals surface area contributed by atoms with Crippen molar-refractivity contribution < 1.29 is 167 Å². The van der Waals surface area contributed by atoms with Gasteiger partial charge in [0.1, 0.15) is 49.7 Å². The molecule has 45 heteroatoms. The van der Waals surface area contributed by atoms with Crippen LogP contribution in [0.15, 0.2) is 0 Å². The van der Waals surface area contributed by atoms with Crippen molar-refractivity contribution in [2.24, 2.45) is 5.73 Å². The fourth-order valence-electron chi connectivity index (χ4n) is 12.5. The number of esters is 8. The van der Waals surface area contributed by atoms with Crippen molar-refractivity contribution in [2.45, 2.75) is 270 Å². The highest BCUT2D eigenvalue weighted by atomic mass is 16.7. The van der Waals surface area contributed by atoms with Gasteiger partial charge in [-0.3, -0.25) is 81.5 Å². The van der Waals surface area contributed by atoms with E-state index in [2.05, 4.69) is 47.9 Å². The first kappa shape index (κ1) is 107. The molecular formula is C77H126N10O35. The lowest BCUT2D eigenvalue weighted by atomic mass is 9.96. The number of amides is 9. The van der Waals surface area contributed by atoms with Gasteiger partial charge in [-0.1, -0.05) is 0 Å². The van der Waals surface area contributed by atoms with Crippen molar-refractivity contribution in [3.63, 3.8) is 0 Å². The molecule has 3 fully saturated rings. The zero-order valence-corrected chi connectivity index (χ0v) is 71.4. The van der Waals surface area contributed by atoms with Crippen LogP contribution in [0.25, 0.3) is 0 Å². The van der Waals surface area contributed by atoms with E-state index in [1.165, 1.54) is 20.8 Å². The van der Waals surface area contributed by atoms with Crippen LogP contribution >= 0.6 is 0 Å². The lowest BCUT2D eigenvalue weighted by molar-refractivity contribution is -0.277. The number of ether oxygens (including phenoxy) is 17. The monoisotopic (exact) mass is 1750 g/mol. The van der Waals surface area contributed by atoms with E-state index in [0.29, 0.717) is 57.8 Å². The van der Waals surface area contributed by atoms with E-state index in [-0.39, 0.29) is 173 Å². The van der Waals surface area contributed by atoms with Crippen LogP contribution in [0, 0.1) is 0 Å². The molecule has 0 aromatic carbocycles. The van der Waals surface area contributed by atoms with E-state index in [1.54, 1.807) is 0 Å². The number of unbranched alkanes of at least 4 members (excludes halogenated alkanes) is 3. The van der Waals surface area contributed by atoms with Gasteiger partial charge < -0.3 is 139 Å². The van der Waals surface area contributed by atoms with Crippen molar-refractivity contribution in [3.8, 4) is 0 Å². The van der Waals surface area contributed by atoms with Gasteiger partial charge in [0.2, 0.25) is 53.2 Å². The number of carbonyl (C=O) groups is 17. The van der Waals surface area contributed by atoms with Crippen molar-refractivity contribution in [2.75, 3.05) is 119 Å². The van der Waals surface area contributed by atoms with Gasteiger partial charge in [-0.2, -0.15) is 0 Å². The first-order chi connectivity index (χ1) is 57.9. The molecule has 0 aliphatic carbocycles. The summed E-state index contributed by atoms with van der Waals surface area (Å²) < 4.78 is 95.8. The summed E-state index contributed by atoms with van der Waals surface area (Å²) in [5, 5.41) is 34.5. The minimum Gasteiger partial charge on any atom is -0.463 e. The molecule has 9 amide bonds. The normalized spacial score (nSPS) is 22.7. The summed E-state index contributed by atoms with van der Waals surface area (Å²) in [5.41, 5.74) is 5.39. The fourth-order valence-corrected chi connectivity index (χ4v) is 12.5. The van der Waals surface area contributed by atoms with E-state index >= 15 is 0 Å². The maximum atomic E-state index is 12.8. The van der Waals surface area contributed by atoms with Gasteiger partial charge in [0, 0.05) is 174 Å². The zero-order valence-electron chi connectivity index (χ0n) is 71.4. The van der Waals surface area contributed by atoms with Crippen LogP contribution < -0.4 is 53.6 Å². The molecule has 0 bridgehead atoms. The molecule has 3 aliphatic rings. The molecular weight excluding hydrogens is 1620 g/mol. The number of nitrogens with two attached hydrogens (primary N) is 1. The smallest absolute Gasteiger partial charge is 0.303 e. The third kappa shape index (κ3) is 45.6. The van der Waals surface area contributed by atoms with Crippen LogP contribution in [0.2, 0.25) is 0 Å². The molecule has 3 heterocycles. The van der Waals surface area contributed by atoms with Gasteiger partial charge in [-0.05, 0) is 57.8 Å². The van der Waals surface area contributed by atoms with Gasteiger partial charge in [0.05, 0.1) is 51.8 Å². The molecule has 694 valence electrons. The van der Waals surface area contributed by atoms with Gasteiger partial charge in [0.25, 0.3) is 0 Å². The van der Waals surface area contributed by atoms with Crippen molar-refractivity contribution in [1.29, 1.82) is 0 Å². The molecule has 0 aromatic heterocycles. The predicted octanol–water partition coefficient (Wildman–Crippen LogP) is -3.27. The molecule has 3 aliphatic heterocycles. The van der Waals surface area contributed by atoms with Crippen molar-refractivity contribution in [1.82, 2.24) is 47.9 Å². The first-order valence-electron chi connectivity index (χ1n) is 40.6. The fraction of sp³-hybridized carbons (Fsp3) is 0.779. The summed E-state index contributed by atoms with van der Waals surface area (Å²) >= 11 is 0. The second-order valence-electron chi connectivity index (χ2n) is 29.0. The van der Waals surface area contributed by atoms with E-state index in [0.717, 1.165) is 55.4 Å². The largest absolute Gasteiger partial charge is 0.463 e. The third-order valence-electron chi connectivity index (χ3n) is 17.8. The topological polar surface area (TPSA) is 602 Å². The van der Waals surface area contributed by atoms with E-state index in [4.69, 9.17) is 86.3 Å². The van der Waals surface area contributed by atoms with Crippen LogP contribution in [-0.4, -0.2) is 322 Å². The molecule has 0 spiro atoms. The summed E-state index contributed by atoms with van der Waals surface area (Å²) in [6, 6.07) is -3.42. The Kier molecular flexibility index (Phi) is 51.9. The Hall–Kier alpha value is -9.45. The summed E-state index contributed by atoms with van der Waals surface area (Å²) in [4.78, 5) is 209. The minimum atomic E-state index is -1.35. The van der Waals surface area contributed by atoms with E-state index < -0.39 is 183 Å². The molecule has 3 saturated heterocycles. The quantitative estimate of drug-likeness (QED) is 0.0162. The maximum absolute atomic E-state index is 12.8. The molecule has 0 aromatic rings. The summed E-state index contributed by atoms with van der Waals surface area (Å²) in [6.45, 7) is 11.8. The average molecular weight is 1750 g/mol. The highest BCUT2D eigenvalue weighted by Crippen LogP contribution is 2.32. The van der Waals surface area contributed by atoms with E-state index in [1.807, 2.05) is 0 Å². The number of carbonyl (C=O) groups excluding carboxylic acids is 17. The maximum Gasteiger partial charge on any atom is 0.303 e. The summed E-state index contributed by atoms with van der Waals surface area (Å²) in [5.74, 6) is -9.40. The highest BCUT2D eigenvalue weighted by Gasteiger charge is 2.54. The average Bonchev–Trinajstić information content (AvgIpc) is 0.800.